The largest absolute Gasteiger partial charge is 0.437 e. The maximum absolute atomic E-state index is 6.36. The molecule has 6 aromatic rings. The van der Waals surface area contributed by atoms with Crippen molar-refractivity contribution in [3.63, 3.8) is 0 Å². The van der Waals surface area contributed by atoms with E-state index in [0.29, 0.717) is 11.6 Å². The van der Waals surface area contributed by atoms with E-state index in [2.05, 4.69) is 87.3 Å². The number of benzene rings is 3. The van der Waals surface area contributed by atoms with Crippen molar-refractivity contribution in [2.75, 3.05) is 0 Å². The van der Waals surface area contributed by atoms with E-state index >= 15 is 0 Å². The quantitative estimate of drug-likeness (QED) is 0.248. The third-order valence-corrected chi connectivity index (χ3v) is 6.72. The molecule has 0 fully saturated rings. The number of pyridine rings is 1. The highest BCUT2D eigenvalue weighted by atomic mass is 16.3. The summed E-state index contributed by atoms with van der Waals surface area (Å²) in [7, 11) is 0. The molecule has 0 amide bonds. The highest BCUT2D eigenvalue weighted by Gasteiger charge is 2.20. The van der Waals surface area contributed by atoms with Crippen LogP contribution < -0.4 is 0 Å². The van der Waals surface area contributed by atoms with Crippen molar-refractivity contribution in [2.45, 2.75) is 47.0 Å². The minimum atomic E-state index is 0.199. The fraction of sp³-hybridized carbons (Fsp3) is 0.258. The Labute approximate surface area is 205 Å². The third kappa shape index (κ3) is 3.56. The zero-order chi connectivity index (χ0) is 24.3. The molecule has 0 bridgehead atoms. The fourth-order valence-electron chi connectivity index (χ4n) is 5.09. The Hall–Kier alpha value is -3.79. The molecule has 3 heterocycles. The van der Waals surface area contributed by atoms with Crippen LogP contribution in [0.5, 0.6) is 0 Å². The molecule has 35 heavy (non-hydrogen) atoms. The van der Waals surface area contributed by atoms with Crippen LogP contribution in [0.4, 0.5) is 0 Å². The summed E-state index contributed by atoms with van der Waals surface area (Å²) in [5.41, 5.74) is 6.69. The van der Waals surface area contributed by atoms with Gasteiger partial charge in [-0.1, -0.05) is 64.1 Å². The Balaban J connectivity index is 1.74. The van der Waals surface area contributed by atoms with Gasteiger partial charge >= 0.3 is 0 Å². The van der Waals surface area contributed by atoms with Gasteiger partial charge in [-0.2, -0.15) is 0 Å². The molecular formula is C31H29N3O. The summed E-state index contributed by atoms with van der Waals surface area (Å²) in [5.74, 6) is 1.60. The highest BCUT2D eigenvalue weighted by molar-refractivity contribution is 6.14. The predicted molar refractivity (Wildman–Crippen MR) is 145 cm³/mol. The van der Waals surface area contributed by atoms with Gasteiger partial charge in [0.05, 0.1) is 11.2 Å². The molecule has 0 aliphatic carbocycles. The van der Waals surface area contributed by atoms with E-state index < -0.39 is 0 Å². The zero-order valence-electron chi connectivity index (χ0n) is 20.9. The number of furan rings is 1. The minimum absolute atomic E-state index is 0.199. The van der Waals surface area contributed by atoms with Gasteiger partial charge in [0.2, 0.25) is 5.71 Å². The molecule has 3 aromatic carbocycles. The molecule has 0 aliphatic rings. The van der Waals surface area contributed by atoms with E-state index in [1.54, 1.807) is 0 Å². The summed E-state index contributed by atoms with van der Waals surface area (Å²) < 4.78 is 6.36. The first-order chi connectivity index (χ1) is 16.9. The van der Waals surface area contributed by atoms with Gasteiger partial charge < -0.3 is 4.42 Å². The molecule has 0 aliphatic heterocycles. The van der Waals surface area contributed by atoms with E-state index in [1.807, 2.05) is 13.0 Å². The van der Waals surface area contributed by atoms with Gasteiger partial charge in [-0.15, -0.1) is 0 Å². The molecule has 174 valence electrons. The van der Waals surface area contributed by atoms with Crippen LogP contribution in [-0.2, 0) is 6.42 Å². The number of aromatic nitrogens is 3. The molecule has 6 rings (SSSR count). The van der Waals surface area contributed by atoms with Crippen molar-refractivity contribution in [3.05, 3.63) is 77.7 Å². The van der Waals surface area contributed by atoms with E-state index in [0.717, 1.165) is 56.5 Å². The first-order valence-electron chi connectivity index (χ1n) is 12.4. The number of rotatable bonds is 4. The lowest BCUT2D eigenvalue weighted by molar-refractivity contribution is 0.650. The highest BCUT2D eigenvalue weighted by Crippen LogP contribution is 2.39. The average molecular weight is 460 g/mol. The molecule has 4 heteroatoms. The van der Waals surface area contributed by atoms with Crippen LogP contribution in [0.2, 0.25) is 0 Å². The van der Waals surface area contributed by atoms with Gasteiger partial charge in [0.15, 0.2) is 0 Å². The molecule has 0 radical (unpaired) electrons. The van der Waals surface area contributed by atoms with Crippen LogP contribution in [0.25, 0.3) is 55.0 Å². The summed E-state index contributed by atoms with van der Waals surface area (Å²) in [6.45, 7) is 10.8. The maximum Gasteiger partial charge on any atom is 0.227 e. The van der Waals surface area contributed by atoms with Crippen LogP contribution in [0, 0.1) is 12.8 Å². The molecule has 0 unspecified atom stereocenters. The van der Waals surface area contributed by atoms with Crippen molar-refractivity contribution >= 4 is 43.7 Å². The van der Waals surface area contributed by atoms with Gasteiger partial charge in [0, 0.05) is 38.7 Å². The average Bonchev–Trinajstić information content (AvgIpc) is 3.20. The summed E-state index contributed by atoms with van der Waals surface area (Å²) in [6, 6.07) is 21.4. The number of para-hydroxylation sites is 1. The first kappa shape index (κ1) is 21.7. The summed E-state index contributed by atoms with van der Waals surface area (Å²) in [5, 5.41) is 5.59. The van der Waals surface area contributed by atoms with Crippen LogP contribution in [0.15, 0.2) is 65.1 Å². The molecule has 0 atom stereocenters. The third-order valence-electron chi connectivity index (χ3n) is 6.72. The summed E-state index contributed by atoms with van der Waals surface area (Å²) >= 11 is 0. The summed E-state index contributed by atoms with van der Waals surface area (Å²) in [6.07, 6.45) is 1.01. The van der Waals surface area contributed by atoms with Crippen molar-refractivity contribution in [3.8, 4) is 11.3 Å². The first-order valence-corrected chi connectivity index (χ1v) is 12.4. The van der Waals surface area contributed by atoms with Crippen LogP contribution in [-0.4, -0.2) is 15.0 Å². The van der Waals surface area contributed by atoms with Crippen LogP contribution >= 0.6 is 0 Å². The van der Waals surface area contributed by atoms with Crippen LogP contribution in [0.3, 0.4) is 0 Å². The van der Waals surface area contributed by atoms with E-state index in [4.69, 9.17) is 14.4 Å². The van der Waals surface area contributed by atoms with E-state index in [1.165, 1.54) is 16.3 Å². The number of aryl methyl sites for hydroxylation is 1. The number of hydrogen-bond acceptors (Lipinski definition) is 4. The molecule has 4 nitrogen and oxygen atoms in total. The van der Waals surface area contributed by atoms with Gasteiger partial charge in [-0.3, -0.25) is 0 Å². The lowest BCUT2D eigenvalue weighted by Gasteiger charge is -2.15. The number of fused-ring (bicyclic) bond motifs is 6. The lowest BCUT2D eigenvalue weighted by Crippen LogP contribution is -2.03. The predicted octanol–water partition coefficient (Wildman–Crippen LogP) is 8.37. The standard InChI is InChI=1S/C31H29N3O/c1-17(2)16-21-9-6-8-20-13-15-24-27(33-30(18(3)4)34-28(24)26(20)21)25-11-7-10-22-23-14-12-19(5)32-31(23)35-29(22)25/h6-15,17-18H,16H2,1-5H3. The molecule has 0 saturated heterocycles. The molecule has 3 aromatic heterocycles. The number of nitrogens with zero attached hydrogens (tertiary/aromatic N) is 3. The monoisotopic (exact) mass is 459 g/mol. The van der Waals surface area contributed by atoms with Crippen molar-refractivity contribution < 1.29 is 4.42 Å². The molecule has 0 spiro atoms. The Bertz CT molecular complexity index is 1740. The maximum atomic E-state index is 6.36. The normalized spacial score (nSPS) is 12.2. The summed E-state index contributed by atoms with van der Waals surface area (Å²) in [4.78, 5) is 14.9. The second kappa shape index (κ2) is 8.16. The minimum Gasteiger partial charge on any atom is -0.437 e. The van der Waals surface area contributed by atoms with Crippen molar-refractivity contribution in [2.24, 2.45) is 5.92 Å². The Kier molecular flexibility index (Phi) is 5.06. The Morgan fingerprint density at radius 1 is 0.771 bits per heavy atom. The lowest BCUT2D eigenvalue weighted by atomic mass is 9.93. The van der Waals surface area contributed by atoms with Gasteiger partial charge in [0.25, 0.3) is 0 Å². The fourth-order valence-corrected chi connectivity index (χ4v) is 5.09. The van der Waals surface area contributed by atoms with E-state index in [-0.39, 0.29) is 5.92 Å². The SMILES string of the molecule is Cc1ccc2c(n1)oc1c(-c3nc(C(C)C)nc4c3ccc3cccc(CC(C)C)c34)cccc12. The second-order valence-corrected chi connectivity index (χ2v) is 10.2. The van der Waals surface area contributed by atoms with Gasteiger partial charge in [-0.05, 0) is 54.5 Å². The Morgan fingerprint density at radius 2 is 1.57 bits per heavy atom. The van der Waals surface area contributed by atoms with Gasteiger partial charge in [-0.25, -0.2) is 15.0 Å². The number of hydrogen-bond donors (Lipinski definition) is 0. The topological polar surface area (TPSA) is 51.8 Å². The Morgan fingerprint density at radius 3 is 2.37 bits per heavy atom. The molecule has 0 saturated carbocycles. The van der Waals surface area contributed by atoms with E-state index in [9.17, 15) is 0 Å². The van der Waals surface area contributed by atoms with Crippen LogP contribution in [0.1, 0.15) is 50.7 Å². The second-order valence-electron chi connectivity index (χ2n) is 10.2. The van der Waals surface area contributed by atoms with Gasteiger partial charge in [0.1, 0.15) is 11.4 Å². The molecular weight excluding hydrogens is 430 g/mol. The van der Waals surface area contributed by atoms with Crippen molar-refractivity contribution in [1.29, 1.82) is 0 Å². The zero-order valence-corrected chi connectivity index (χ0v) is 20.9. The smallest absolute Gasteiger partial charge is 0.227 e. The molecule has 0 N–H and O–H groups in total. The van der Waals surface area contributed by atoms with Crippen molar-refractivity contribution in [1.82, 2.24) is 15.0 Å².